The summed E-state index contributed by atoms with van der Waals surface area (Å²) in [5.41, 5.74) is 0.600. The van der Waals surface area contributed by atoms with Gasteiger partial charge in [0, 0.05) is 25.3 Å². The molecule has 0 bridgehead atoms. The van der Waals surface area contributed by atoms with Crippen LogP contribution in [0.3, 0.4) is 0 Å². The van der Waals surface area contributed by atoms with Crippen LogP contribution in [0.5, 0.6) is 0 Å². The lowest BCUT2D eigenvalue weighted by atomic mass is 10.3. The number of aromatic nitrogens is 1. The molecule has 0 saturated carbocycles. The van der Waals surface area contributed by atoms with Gasteiger partial charge in [-0.3, -0.25) is 0 Å². The number of pyridine rings is 1. The van der Waals surface area contributed by atoms with Gasteiger partial charge in [-0.15, -0.1) is 0 Å². The molecular weight excluding hydrogens is 262 g/mol. The summed E-state index contributed by atoms with van der Waals surface area (Å²) in [5, 5.41) is 3.29. The quantitative estimate of drug-likeness (QED) is 0.898. The van der Waals surface area contributed by atoms with Gasteiger partial charge in [-0.25, -0.2) is 13.4 Å². The Labute approximate surface area is 115 Å². The Morgan fingerprint density at radius 3 is 2.95 bits per heavy atom. The summed E-state index contributed by atoms with van der Waals surface area (Å²) in [6, 6.07) is 3.59. The minimum Gasteiger partial charge on any atom is -0.383 e. The third-order valence-electron chi connectivity index (χ3n) is 3.38. The molecule has 106 valence electrons. The summed E-state index contributed by atoms with van der Waals surface area (Å²) in [6.45, 7) is 5.32. The summed E-state index contributed by atoms with van der Waals surface area (Å²) >= 11 is 0. The minimum absolute atomic E-state index is 0.0611. The molecule has 1 aromatic rings. The molecule has 1 aliphatic heterocycles. The molecule has 6 heteroatoms. The van der Waals surface area contributed by atoms with Crippen molar-refractivity contribution in [3.05, 3.63) is 18.3 Å². The average molecular weight is 283 g/mol. The second-order valence-electron chi connectivity index (χ2n) is 4.89. The van der Waals surface area contributed by atoms with Crippen molar-refractivity contribution in [2.45, 2.75) is 44.2 Å². The normalized spacial score (nSPS) is 20.6. The van der Waals surface area contributed by atoms with Crippen molar-refractivity contribution in [3.8, 4) is 0 Å². The molecule has 0 amide bonds. The Bertz CT molecular complexity index is 530. The first-order chi connectivity index (χ1) is 9.07. The Morgan fingerprint density at radius 2 is 2.32 bits per heavy atom. The molecule has 1 atom stereocenters. The van der Waals surface area contributed by atoms with E-state index in [-0.39, 0.29) is 11.1 Å². The average Bonchev–Trinajstić information content (AvgIpc) is 2.83. The number of hydrogen-bond donors (Lipinski definition) is 1. The van der Waals surface area contributed by atoms with Gasteiger partial charge in [0.05, 0.1) is 5.69 Å². The first kappa shape index (κ1) is 14.3. The molecular formula is C13H21N3O2S. The van der Waals surface area contributed by atoms with Crippen molar-refractivity contribution >= 4 is 15.7 Å². The molecule has 2 heterocycles. The lowest BCUT2D eigenvalue weighted by Crippen LogP contribution is -2.34. The summed E-state index contributed by atoms with van der Waals surface area (Å²) in [5.74, 6) is 0. The van der Waals surface area contributed by atoms with E-state index in [9.17, 15) is 8.42 Å². The predicted octanol–water partition coefficient (Wildman–Crippen LogP) is 2.08. The van der Waals surface area contributed by atoms with Gasteiger partial charge in [-0.2, -0.15) is 4.31 Å². The van der Waals surface area contributed by atoms with E-state index in [1.165, 1.54) is 6.20 Å². The second-order valence-corrected chi connectivity index (χ2v) is 6.70. The van der Waals surface area contributed by atoms with Crippen LogP contribution in [-0.2, 0) is 10.0 Å². The van der Waals surface area contributed by atoms with E-state index >= 15 is 0 Å². The van der Waals surface area contributed by atoms with Crippen LogP contribution in [0.1, 0.15) is 33.1 Å². The highest BCUT2D eigenvalue weighted by molar-refractivity contribution is 7.89. The lowest BCUT2D eigenvalue weighted by Gasteiger charge is -2.21. The summed E-state index contributed by atoms with van der Waals surface area (Å²) < 4.78 is 26.9. The molecule has 0 aromatic carbocycles. The standard InChI is InChI=1S/C13H21N3O2S/c1-3-8-14-12-7-4-9-15-13(12)19(17,18)16-10-5-6-11(16)2/h4,7,9,11,14H,3,5-6,8,10H2,1-2H3. The van der Waals surface area contributed by atoms with Crippen LogP contribution in [0.15, 0.2) is 23.4 Å². The van der Waals surface area contributed by atoms with Gasteiger partial charge in [0.15, 0.2) is 5.03 Å². The SMILES string of the molecule is CCCNc1cccnc1S(=O)(=O)N1CCCC1C. The van der Waals surface area contributed by atoms with Crippen molar-refractivity contribution in [2.24, 2.45) is 0 Å². The van der Waals surface area contributed by atoms with Gasteiger partial charge in [-0.1, -0.05) is 6.92 Å². The highest BCUT2D eigenvalue weighted by Crippen LogP contribution is 2.28. The summed E-state index contributed by atoms with van der Waals surface area (Å²) in [7, 11) is -3.49. The molecule has 1 unspecified atom stereocenters. The fourth-order valence-corrected chi connectivity index (χ4v) is 4.15. The van der Waals surface area contributed by atoms with Crippen molar-refractivity contribution in [3.63, 3.8) is 0 Å². The predicted molar refractivity (Wildman–Crippen MR) is 75.6 cm³/mol. The van der Waals surface area contributed by atoms with Crippen molar-refractivity contribution in [2.75, 3.05) is 18.4 Å². The Hall–Kier alpha value is -1.14. The Morgan fingerprint density at radius 1 is 1.53 bits per heavy atom. The lowest BCUT2D eigenvalue weighted by molar-refractivity contribution is 0.406. The zero-order valence-electron chi connectivity index (χ0n) is 11.5. The van der Waals surface area contributed by atoms with Gasteiger partial charge >= 0.3 is 0 Å². The fourth-order valence-electron chi connectivity index (χ4n) is 2.37. The maximum Gasteiger partial charge on any atom is 0.262 e. The number of rotatable bonds is 5. The molecule has 1 aliphatic rings. The summed E-state index contributed by atoms with van der Waals surface area (Å²) in [4.78, 5) is 4.09. The number of nitrogens with zero attached hydrogens (tertiary/aromatic N) is 2. The molecule has 2 rings (SSSR count). The molecule has 1 N–H and O–H groups in total. The molecule has 0 radical (unpaired) electrons. The maximum absolute atomic E-state index is 12.7. The first-order valence-electron chi connectivity index (χ1n) is 6.78. The highest BCUT2D eigenvalue weighted by Gasteiger charge is 2.34. The Balaban J connectivity index is 2.34. The van der Waals surface area contributed by atoms with Crippen LogP contribution in [-0.4, -0.2) is 36.8 Å². The van der Waals surface area contributed by atoms with Crippen LogP contribution in [0.4, 0.5) is 5.69 Å². The van der Waals surface area contributed by atoms with Crippen molar-refractivity contribution in [1.29, 1.82) is 0 Å². The fraction of sp³-hybridized carbons (Fsp3) is 0.615. The van der Waals surface area contributed by atoms with Gasteiger partial charge in [0.25, 0.3) is 10.0 Å². The van der Waals surface area contributed by atoms with Crippen LogP contribution in [0, 0.1) is 0 Å². The number of anilines is 1. The topological polar surface area (TPSA) is 62.3 Å². The van der Waals surface area contributed by atoms with E-state index in [1.807, 2.05) is 13.8 Å². The van der Waals surface area contributed by atoms with E-state index in [0.29, 0.717) is 12.2 Å². The molecule has 1 fully saturated rings. The molecule has 0 spiro atoms. The van der Waals surface area contributed by atoms with E-state index in [0.717, 1.165) is 25.8 Å². The number of sulfonamides is 1. The molecule has 1 aromatic heterocycles. The van der Waals surface area contributed by atoms with Crippen molar-refractivity contribution in [1.82, 2.24) is 9.29 Å². The summed E-state index contributed by atoms with van der Waals surface area (Å²) in [6.07, 6.45) is 4.31. The highest BCUT2D eigenvalue weighted by atomic mass is 32.2. The second kappa shape index (κ2) is 5.88. The molecule has 0 aliphatic carbocycles. The van der Waals surface area contributed by atoms with Crippen LogP contribution in [0.25, 0.3) is 0 Å². The van der Waals surface area contributed by atoms with E-state index in [4.69, 9.17) is 0 Å². The van der Waals surface area contributed by atoms with Crippen LogP contribution in [0.2, 0.25) is 0 Å². The van der Waals surface area contributed by atoms with Crippen LogP contribution >= 0.6 is 0 Å². The third kappa shape index (κ3) is 2.90. The third-order valence-corrected chi connectivity index (χ3v) is 5.36. The molecule has 5 nitrogen and oxygen atoms in total. The van der Waals surface area contributed by atoms with Gasteiger partial charge in [0.1, 0.15) is 0 Å². The maximum atomic E-state index is 12.7. The number of hydrogen-bond acceptors (Lipinski definition) is 4. The number of nitrogens with one attached hydrogen (secondary N) is 1. The zero-order valence-corrected chi connectivity index (χ0v) is 12.3. The molecule has 1 saturated heterocycles. The van der Waals surface area contributed by atoms with Gasteiger partial charge < -0.3 is 5.32 Å². The Kier molecular flexibility index (Phi) is 4.42. The van der Waals surface area contributed by atoms with Crippen molar-refractivity contribution < 1.29 is 8.42 Å². The van der Waals surface area contributed by atoms with E-state index in [2.05, 4.69) is 10.3 Å². The van der Waals surface area contributed by atoms with Gasteiger partial charge in [-0.05, 0) is 38.3 Å². The van der Waals surface area contributed by atoms with Gasteiger partial charge in [0.2, 0.25) is 0 Å². The van der Waals surface area contributed by atoms with Crippen LogP contribution < -0.4 is 5.32 Å². The monoisotopic (exact) mass is 283 g/mol. The minimum atomic E-state index is -3.49. The van der Waals surface area contributed by atoms with E-state index < -0.39 is 10.0 Å². The van der Waals surface area contributed by atoms with E-state index in [1.54, 1.807) is 16.4 Å². The smallest absolute Gasteiger partial charge is 0.262 e. The largest absolute Gasteiger partial charge is 0.383 e. The first-order valence-corrected chi connectivity index (χ1v) is 8.22. The molecule has 19 heavy (non-hydrogen) atoms. The zero-order chi connectivity index (χ0) is 13.9.